The van der Waals surface area contributed by atoms with Gasteiger partial charge in [0, 0.05) is 6.61 Å². The van der Waals surface area contributed by atoms with E-state index in [2.05, 4.69) is 18.2 Å². The molecule has 0 radical (unpaired) electrons. The van der Waals surface area contributed by atoms with Crippen LogP contribution in [-0.2, 0) is 6.42 Å². The predicted molar refractivity (Wildman–Crippen MR) is 111 cm³/mol. The van der Waals surface area contributed by atoms with Crippen molar-refractivity contribution in [1.29, 1.82) is 0 Å². The summed E-state index contributed by atoms with van der Waals surface area (Å²) in [5.74, 6) is 3.07. The third kappa shape index (κ3) is 3.10. The van der Waals surface area contributed by atoms with Crippen molar-refractivity contribution in [1.82, 2.24) is 0 Å². The van der Waals surface area contributed by atoms with Gasteiger partial charge >= 0.3 is 0 Å². The molecule has 0 saturated heterocycles. The number of ether oxygens (including phenoxy) is 1. The maximum Gasteiger partial charge on any atom is 0.120 e. The first-order valence-electron chi connectivity index (χ1n) is 11.8. The second kappa shape index (κ2) is 7.65. The minimum absolute atomic E-state index is 0.0763. The van der Waals surface area contributed by atoms with Gasteiger partial charge in [-0.15, -0.1) is 0 Å². The van der Waals surface area contributed by atoms with E-state index in [9.17, 15) is 10.2 Å². The molecule has 28 heavy (non-hydrogen) atoms. The monoisotopic (exact) mass is 384 g/mol. The second-order valence-electron chi connectivity index (χ2n) is 9.99. The molecule has 3 fully saturated rings. The number of aliphatic hydroxyl groups is 2. The highest BCUT2D eigenvalue weighted by molar-refractivity contribution is 5.41. The van der Waals surface area contributed by atoms with E-state index in [4.69, 9.17) is 4.74 Å². The van der Waals surface area contributed by atoms with Crippen molar-refractivity contribution in [3.63, 3.8) is 0 Å². The van der Waals surface area contributed by atoms with E-state index in [0.717, 1.165) is 37.9 Å². The molecule has 0 amide bonds. The summed E-state index contributed by atoms with van der Waals surface area (Å²) < 4.78 is 6.26. The van der Waals surface area contributed by atoms with Gasteiger partial charge in [0.05, 0.1) is 12.2 Å². The van der Waals surface area contributed by atoms with Crippen LogP contribution >= 0.6 is 0 Å². The quantitative estimate of drug-likeness (QED) is 0.753. The van der Waals surface area contributed by atoms with Crippen molar-refractivity contribution in [2.24, 2.45) is 17.3 Å². The Labute approximate surface area is 169 Å². The molecule has 0 spiro atoms. The van der Waals surface area contributed by atoms with Crippen LogP contribution in [-0.4, -0.2) is 29.0 Å². The normalized spacial score (nSPS) is 37.4. The predicted octanol–water partition coefficient (Wildman–Crippen LogP) is 4.98. The van der Waals surface area contributed by atoms with Gasteiger partial charge in [-0.05, 0) is 123 Å². The van der Waals surface area contributed by atoms with Crippen LogP contribution in [0.25, 0.3) is 0 Å². The van der Waals surface area contributed by atoms with Gasteiger partial charge in [-0.25, -0.2) is 0 Å². The lowest BCUT2D eigenvalue weighted by molar-refractivity contribution is -0.0460. The molecule has 0 bridgehead atoms. The summed E-state index contributed by atoms with van der Waals surface area (Å²) in [7, 11) is 0. The summed E-state index contributed by atoms with van der Waals surface area (Å²) in [6, 6.07) is 6.92. The molecule has 4 aliphatic carbocycles. The Balaban J connectivity index is 1.36. The maximum atomic E-state index is 10.9. The zero-order chi connectivity index (χ0) is 19.1. The molecule has 4 aliphatic rings. The van der Waals surface area contributed by atoms with Gasteiger partial charge in [0.15, 0.2) is 0 Å². The molecule has 3 saturated carbocycles. The first-order valence-corrected chi connectivity index (χ1v) is 11.8. The minimum Gasteiger partial charge on any atom is -0.490 e. The molecule has 3 heteroatoms. The number of benzene rings is 1. The smallest absolute Gasteiger partial charge is 0.120 e. The highest BCUT2D eigenvalue weighted by Gasteiger charge is 2.56. The van der Waals surface area contributed by atoms with Gasteiger partial charge in [-0.3, -0.25) is 0 Å². The molecular weight excluding hydrogens is 348 g/mol. The minimum atomic E-state index is -0.159. The Hall–Kier alpha value is -1.06. The Morgan fingerprint density at radius 1 is 1.04 bits per heavy atom. The average molecular weight is 385 g/mol. The first kappa shape index (κ1) is 18.9. The van der Waals surface area contributed by atoms with E-state index in [1.165, 1.54) is 50.5 Å². The van der Waals surface area contributed by atoms with Crippen molar-refractivity contribution in [2.45, 2.75) is 95.2 Å². The molecule has 3 nitrogen and oxygen atoms in total. The van der Waals surface area contributed by atoms with E-state index in [1.54, 1.807) is 5.56 Å². The van der Waals surface area contributed by atoms with Gasteiger partial charge in [0.25, 0.3) is 0 Å². The van der Waals surface area contributed by atoms with Crippen LogP contribution < -0.4 is 4.74 Å². The summed E-state index contributed by atoms with van der Waals surface area (Å²) in [6.07, 6.45) is 14.0. The Morgan fingerprint density at radius 2 is 1.89 bits per heavy atom. The van der Waals surface area contributed by atoms with Crippen LogP contribution in [0.1, 0.15) is 87.7 Å². The molecular formula is C25H36O3. The summed E-state index contributed by atoms with van der Waals surface area (Å²) in [5, 5.41) is 20.3. The third-order valence-corrected chi connectivity index (χ3v) is 8.77. The van der Waals surface area contributed by atoms with Crippen molar-refractivity contribution in [2.75, 3.05) is 6.61 Å². The SMILES string of the molecule is OCCC[C@]12CC[C@@H]3c4ccc(OC5CCCC5)cc4CC[C@H]3[C@@H]1CC[C@@H]2O. The topological polar surface area (TPSA) is 49.7 Å². The fourth-order valence-electron chi connectivity index (χ4n) is 7.50. The van der Waals surface area contributed by atoms with Gasteiger partial charge in [-0.1, -0.05) is 6.07 Å². The Bertz CT molecular complexity index is 695. The number of aliphatic hydroxyl groups excluding tert-OH is 2. The molecule has 154 valence electrons. The summed E-state index contributed by atoms with van der Waals surface area (Å²) in [5.41, 5.74) is 3.15. The first-order chi connectivity index (χ1) is 13.7. The number of fused-ring (bicyclic) bond motifs is 5. The van der Waals surface area contributed by atoms with E-state index in [-0.39, 0.29) is 18.1 Å². The summed E-state index contributed by atoms with van der Waals surface area (Å²) in [6.45, 7) is 0.252. The molecule has 0 aliphatic heterocycles. The lowest BCUT2D eigenvalue weighted by Gasteiger charge is -2.51. The molecule has 2 N–H and O–H groups in total. The van der Waals surface area contributed by atoms with Crippen molar-refractivity contribution in [3.8, 4) is 5.75 Å². The molecule has 5 atom stereocenters. The van der Waals surface area contributed by atoms with Crippen LogP contribution in [0.2, 0.25) is 0 Å². The van der Waals surface area contributed by atoms with Gasteiger partial charge < -0.3 is 14.9 Å². The summed E-state index contributed by atoms with van der Waals surface area (Å²) >= 11 is 0. The fraction of sp³-hybridized carbons (Fsp3) is 0.760. The lowest BCUT2D eigenvalue weighted by Crippen LogP contribution is -2.46. The summed E-state index contributed by atoms with van der Waals surface area (Å²) in [4.78, 5) is 0. The average Bonchev–Trinajstić information content (AvgIpc) is 3.34. The van der Waals surface area contributed by atoms with Crippen LogP contribution in [0.15, 0.2) is 18.2 Å². The largest absolute Gasteiger partial charge is 0.490 e. The number of rotatable bonds is 5. The standard InChI is InChI=1S/C25H36O3/c26-15-3-13-25-14-12-21-20-9-7-19(28-18-4-1-2-5-18)16-17(20)6-8-22(21)23(25)10-11-24(25)27/h7,9,16,18,21-24,26-27H,1-6,8,10-15H2/t21-,22-,23+,24+,25+/m1/s1. The molecule has 1 aromatic rings. The van der Waals surface area contributed by atoms with E-state index in [0.29, 0.717) is 23.9 Å². The van der Waals surface area contributed by atoms with E-state index in [1.807, 2.05) is 0 Å². The van der Waals surface area contributed by atoms with Gasteiger partial charge in [0.1, 0.15) is 5.75 Å². The molecule has 0 unspecified atom stereocenters. The zero-order valence-electron chi connectivity index (χ0n) is 17.1. The molecule has 0 heterocycles. The van der Waals surface area contributed by atoms with Crippen molar-refractivity contribution >= 4 is 0 Å². The van der Waals surface area contributed by atoms with Gasteiger partial charge in [-0.2, -0.15) is 0 Å². The highest BCUT2D eigenvalue weighted by Crippen LogP contribution is 2.62. The molecule has 5 rings (SSSR count). The number of aryl methyl sites for hydroxylation is 1. The van der Waals surface area contributed by atoms with Crippen LogP contribution in [0.5, 0.6) is 5.75 Å². The highest BCUT2D eigenvalue weighted by atomic mass is 16.5. The number of hydrogen-bond donors (Lipinski definition) is 2. The van der Waals surface area contributed by atoms with Crippen LogP contribution in [0.3, 0.4) is 0 Å². The molecule has 0 aromatic heterocycles. The van der Waals surface area contributed by atoms with Crippen molar-refractivity contribution < 1.29 is 14.9 Å². The maximum absolute atomic E-state index is 10.9. The van der Waals surface area contributed by atoms with E-state index >= 15 is 0 Å². The Morgan fingerprint density at radius 3 is 2.71 bits per heavy atom. The zero-order valence-corrected chi connectivity index (χ0v) is 17.1. The molecule has 1 aromatic carbocycles. The third-order valence-electron chi connectivity index (χ3n) is 8.77. The van der Waals surface area contributed by atoms with E-state index < -0.39 is 0 Å². The van der Waals surface area contributed by atoms with Crippen LogP contribution in [0, 0.1) is 17.3 Å². The number of hydrogen-bond acceptors (Lipinski definition) is 3. The second-order valence-corrected chi connectivity index (χ2v) is 9.99. The fourth-order valence-corrected chi connectivity index (χ4v) is 7.50. The lowest BCUT2D eigenvalue weighted by atomic mass is 9.53. The Kier molecular flexibility index (Phi) is 5.17. The van der Waals surface area contributed by atoms with Crippen molar-refractivity contribution in [3.05, 3.63) is 29.3 Å². The van der Waals surface area contributed by atoms with Crippen LogP contribution in [0.4, 0.5) is 0 Å². The van der Waals surface area contributed by atoms with Gasteiger partial charge in [0.2, 0.25) is 0 Å².